The SMILES string of the molecule is COC(=O)c1cc(=O)c2cc(NC(=O)C3CCCCC3)ccc2o1. The Morgan fingerprint density at radius 3 is 2.62 bits per heavy atom. The first-order valence-corrected chi connectivity index (χ1v) is 8.05. The van der Waals surface area contributed by atoms with Crippen molar-refractivity contribution in [2.45, 2.75) is 32.1 Å². The van der Waals surface area contributed by atoms with Gasteiger partial charge in [0.25, 0.3) is 0 Å². The van der Waals surface area contributed by atoms with E-state index in [0.29, 0.717) is 11.1 Å². The second-order valence-corrected chi connectivity index (χ2v) is 6.00. The van der Waals surface area contributed by atoms with Crippen molar-refractivity contribution in [3.63, 3.8) is 0 Å². The zero-order valence-electron chi connectivity index (χ0n) is 13.5. The lowest BCUT2D eigenvalue weighted by Gasteiger charge is -2.20. The fourth-order valence-corrected chi connectivity index (χ4v) is 3.04. The van der Waals surface area contributed by atoms with Crippen molar-refractivity contribution in [2.75, 3.05) is 12.4 Å². The van der Waals surface area contributed by atoms with Crippen LogP contribution in [0.2, 0.25) is 0 Å². The van der Waals surface area contributed by atoms with Gasteiger partial charge in [-0.05, 0) is 31.0 Å². The van der Waals surface area contributed by atoms with E-state index in [-0.39, 0.29) is 28.6 Å². The lowest BCUT2D eigenvalue weighted by molar-refractivity contribution is -0.120. The minimum Gasteiger partial charge on any atom is -0.463 e. The number of carbonyl (C=O) groups excluding carboxylic acids is 2. The minimum atomic E-state index is -0.705. The van der Waals surface area contributed by atoms with Gasteiger partial charge in [0.05, 0.1) is 12.5 Å². The molecule has 1 aliphatic carbocycles. The third-order valence-corrected chi connectivity index (χ3v) is 4.36. The maximum Gasteiger partial charge on any atom is 0.374 e. The van der Waals surface area contributed by atoms with Crippen LogP contribution >= 0.6 is 0 Å². The summed E-state index contributed by atoms with van der Waals surface area (Å²) in [7, 11) is 1.22. The summed E-state index contributed by atoms with van der Waals surface area (Å²) in [6.45, 7) is 0. The van der Waals surface area contributed by atoms with E-state index in [1.807, 2.05) is 0 Å². The molecule has 0 aliphatic heterocycles. The van der Waals surface area contributed by atoms with E-state index in [1.54, 1.807) is 18.2 Å². The molecule has 1 saturated carbocycles. The van der Waals surface area contributed by atoms with Crippen LogP contribution < -0.4 is 10.7 Å². The Morgan fingerprint density at radius 1 is 1.17 bits per heavy atom. The van der Waals surface area contributed by atoms with Gasteiger partial charge in [-0.25, -0.2) is 4.79 Å². The molecule has 0 radical (unpaired) electrons. The number of benzene rings is 1. The average Bonchev–Trinajstić information content (AvgIpc) is 2.62. The van der Waals surface area contributed by atoms with E-state index in [4.69, 9.17) is 4.42 Å². The topological polar surface area (TPSA) is 85.6 Å². The highest BCUT2D eigenvalue weighted by Crippen LogP contribution is 2.25. The first-order chi connectivity index (χ1) is 11.6. The fourth-order valence-electron chi connectivity index (χ4n) is 3.04. The molecule has 2 aromatic rings. The van der Waals surface area contributed by atoms with E-state index in [0.717, 1.165) is 31.7 Å². The zero-order chi connectivity index (χ0) is 17.1. The van der Waals surface area contributed by atoms with Gasteiger partial charge >= 0.3 is 5.97 Å². The van der Waals surface area contributed by atoms with Gasteiger partial charge in [0.1, 0.15) is 5.58 Å². The summed E-state index contributed by atoms with van der Waals surface area (Å²) in [6.07, 6.45) is 5.16. The summed E-state index contributed by atoms with van der Waals surface area (Å²) in [6, 6.07) is 5.90. The van der Waals surface area contributed by atoms with E-state index < -0.39 is 5.97 Å². The van der Waals surface area contributed by atoms with Gasteiger partial charge in [-0.15, -0.1) is 0 Å². The van der Waals surface area contributed by atoms with Crippen molar-refractivity contribution < 1.29 is 18.7 Å². The first-order valence-electron chi connectivity index (χ1n) is 8.05. The van der Waals surface area contributed by atoms with E-state index in [1.165, 1.54) is 13.5 Å². The monoisotopic (exact) mass is 329 g/mol. The molecule has 0 unspecified atom stereocenters. The molecule has 1 fully saturated rings. The summed E-state index contributed by atoms with van der Waals surface area (Å²) in [5, 5.41) is 3.18. The number of esters is 1. The average molecular weight is 329 g/mol. The molecule has 1 amide bonds. The molecule has 1 aliphatic rings. The predicted octanol–water partition coefficient (Wildman–Crippen LogP) is 3.10. The van der Waals surface area contributed by atoms with Gasteiger partial charge < -0.3 is 14.5 Å². The Kier molecular flexibility index (Phi) is 4.64. The summed E-state index contributed by atoms with van der Waals surface area (Å²) in [4.78, 5) is 36.0. The number of methoxy groups -OCH3 is 1. The van der Waals surface area contributed by atoms with Gasteiger partial charge in [0, 0.05) is 17.7 Å². The van der Waals surface area contributed by atoms with Crippen molar-refractivity contribution in [1.29, 1.82) is 0 Å². The number of rotatable bonds is 3. The Hall–Kier alpha value is -2.63. The molecule has 1 aromatic heterocycles. The van der Waals surface area contributed by atoms with Crippen LogP contribution in [0.5, 0.6) is 0 Å². The molecule has 1 aromatic carbocycles. The van der Waals surface area contributed by atoms with Crippen LogP contribution in [-0.4, -0.2) is 19.0 Å². The number of nitrogens with one attached hydrogen (secondary N) is 1. The van der Waals surface area contributed by atoms with E-state index in [9.17, 15) is 14.4 Å². The molecular weight excluding hydrogens is 310 g/mol. The number of hydrogen-bond acceptors (Lipinski definition) is 5. The molecule has 1 N–H and O–H groups in total. The third-order valence-electron chi connectivity index (χ3n) is 4.36. The van der Waals surface area contributed by atoms with Gasteiger partial charge in [-0.2, -0.15) is 0 Å². The van der Waals surface area contributed by atoms with Crippen LogP contribution in [0, 0.1) is 5.92 Å². The van der Waals surface area contributed by atoms with Crippen molar-refractivity contribution in [3.8, 4) is 0 Å². The molecule has 126 valence electrons. The summed E-state index contributed by atoms with van der Waals surface area (Å²) >= 11 is 0. The largest absolute Gasteiger partial charge is 0.463 e. The first kappa shape index (κ1) is 16.2. The summed E-state index contributed by atoms with van der Waals surface area (Å²) in [5.41, 5.74) is 0.472. The number of hydrogen-bond donors (Lipinski definition) is 1. The molecule has 0 spiro atoms. The Labute approximate surface area is 138 Å². The maximum absolute atomic E-state index is 12.3. The van der Waals surface area contributed by atoms with Crippen LogP contribution in [-0.2, 0) is 9.53 Å². The van der Waals surface area contributed by atoms with E-state index in [2.05, 4.69) is 10.1 Å². The highest BCUT2D eigenvalue weighted by molar-refractivity contribution is 5.95. The molecule has 24 heavy (non-hydrogen) atoms. The van der Waals surface area contributed by atoms with Crippen molar-refractivity contribution in [3.05, 3.63) is 40.2 Å². The molecule has 1 heterocycles. The second-order valence-electron chi connectivity index (χ2n) is 6.00. The lowest BCUT2D eigenvalue weighted by Crippen LogP contribution is -2.24. The highest BCUT2D eigenvalue weighted by Gasteiger charge is 2.21. The van der Waals surface area contributed by atoms with Gasteiger partial charge in [-0.1, -0.05) is 19.3 Å². The van der Waals surface area contributed by atoms with Crippen LogP contribution in [0.4, 0.5) is 5.69 Å². The lowest BCUT2D eigenvalue weighted by atomic mass is 9.88. The minimum absolute atomic E-state index is 0.00961. The molecular formula is C18H19NO5. The van der Waals surface area contributed by atoms with Crippen LogP contribution in [0.25, 0.3) is 11.0 Å². The molecule has 6 nitrogen and oxygen atoms in total. The molecule has 3 rings (SSSR count). The van der Waals surface area contributed by atoms with Gasteiger partial charge in [-0.3, -0.25) is 9.59 Å². The Morgan fingerprint density at radius 2 is 1.92 bits per heavy atom. The molecule has 0 saturated heterocycles. The number of ether oxygens (including phenoxy) is 1. The van der Waals surface area contributed by atoms with Gasteiger partial charge in [0.2, 0.25) is 11.7 Å². The van der Waals surface area contributed by atoms with E-state index >= 15 is 0 Å². The Bertz CT molecular complexity index is 833. The molecule has 0 bridgehead atoms. The summed E-state index contributed by atoms with van der Waals surface area (Å²) in [5.74, 6) is -0.824. The van der Waals surface area contributed by atoms with Crippen molar-refractivity contribution >= 4 is 28.5 Å². The normalized spacial score (nSPS) is 15.2. The number of fused-ring (bicyclic) bond motifs is 1. The second kappa shape index (κ2) is 6.86. The van der Waals surface area contributed by atoms with Crippen molar-refractivity contribution in [1.82, 2.24) is 0 Å². The number of anilines is 1. The predicted molar refractivity (Wildman–Crippen MR) is 89.0 cm³/mol. The smallest absolute Gasteiger partial charge is 0.374 e. The Balaban J connectivity index is 1.86. The fraction of sp³-hybridized carbons (Fsp3) is 0.389. The van der Waals surface area contributed by atoms with Gasteiger partial charge in [0.15, 0.2) is 5.43 Å². The van der Waals surface area contributed by atoms with Crippen LogP contribution in [0.15, 0.2) is 33.5 Å². The molecule has 0 atom stereocenters. The van der Waals surface area contributed by atoms with Crippen molar-refractivity contribution in [2.24, 2.45) is 5.92 Å². The number of amides is 1. The quantitative estimate of drug-likeness (QED) is 0.875. The maximum atomic E-state index is 12.3. The summed E-state index contributed by atoms with van der Waals surface area (Å²) < 4.78 is 9.94. The highest BCUT2D eigenvalue weighted by atomic mass is 16.5. The standard InChI is InChI=1S/C18H19NO5/c1-23-18(22)16-10-14(20)13-9-12(7-8-15(13)24-16)19-17(21)11-5-3-2-4-6-11/h7-11H,2-6H2,1H3,(H,19,21). The van der Waals surface area contributed by atoms with Crippen LogP contribution in [0.1, 0.15) is 42.7 Å². The van der Waals surface area contributed by atoms with Crippen LogP contribution in [0.3, 0.4) is 0 Å². The molecule has 6 heteroatoms. The number of carbonyl (C=O) groups is 2. The zero-order valence-corrected chi connectivity index (χ0v) is 13.5. The third kappa shape index (κ3) is 3.32.